The van der Waals surface area contributed by atoms with Crippen molar-refractivity contribution in [2.24, 2.45) is 0 Å². The first kappa shape index (κ1) is 20.8. The molecule has 2 heterocycles. The largest absolute Gasteiger partial charge is 0.334 e. The highest BCUT2D eigenvalue weighted by Crippen LogP contribution is 2.23. The Hall–Kier alpha value is -2.93. The maximum atomic E-state index is 12.9. The van der Waals surface area contributed by atoms with Gasteiger partial charge in [-0.1, -0.05) is 24.9 Å². The second kappa shape index (κ2) is 8.21. The van der Waals surface area contributed by atoms with Gasteiger partial charge in [-0.05, 0) is 50.6 Å². The van der Waals surface area contributed by atoms with E-state index in [9.17, 15) is 19.2 Å². The van der Waals surface area contributed by atoms with Crippen molar-refractivity contribution in [1.29, 1.82) is 0 Å². The lowest BCUT2D eigenvalue weighted by atomic mass is 10.1. The van der Waals surface area contributed by atoms with E-state index in [0.717, 1.165) is 27.6 Å². The van der Waals surface area contributed by atoms with Gasteiger partial charge in [-0.2, -0.15) is 0 Å². The van der Waals surface area contributed by atoms with Gasteiger partial charge in [-0.25, -0.2) is 9.69 Å². The predicted octanol–water partition coefficient (Wildman–Crippen LogP) is 3.52. The molecule has 1 aliphatic heterocycles. The standard InChI is InChI=1S/C21H22ClN3O4/c1-4-5-10-23-19(27)20(28)24(21(23)29)12-18(26)17-11-13(2)25(14(17)3)16-8-6-15(22)7-9-16/h6-9,11H,4-5,10,12H2,1-3H3. The zero-order chi connectivity index (χ0) is 21.3. The van der Waals surface area contributed by atoms with Crippen molar-refractivity contribution in [3.05, 3.63) is 52.3 Å². The fourth-order valence-corrected chi connectivity index (χ4v) is 3.59. The summed E-state index contributed by atoms with van der Waals surface area (Å²) in [6, 6.07) is 8.19. The van der Waals surface area contributed by atoms with Crippen molar-refractivity contribution in [2.45, 2.75) is 33.6 Å². The minimum absolute atomic E-state index is 0.176. The van der Waals surface area contributed by atoms with Gasteiger partial charge in [0.15, 0.2) is 5.78 Å². The molecule has 8 heteroatoms. The Labute approximate surface area is 173 Å². The van der Waals surface area contributed by atoms with Crippen LogP contribution in [0.1, 0.15) is 41.5 Å². The Balaban J connectivity index is 1.84. The van der Waals surface area contributed by atoms with E-state index in [2.05, 4.69) is 0 Å². The lowest BCUT2D eigenvalue weighted by Gasteiger charge is -2.15. The summed E-state index contributed by atoms with van der Waals surface area (Å²) in [6.45, 7) is 5.29. The van der Waals surface area contributed by atoms with E-state index >= 15 is 0 Å². The zero-order valence-corrected chi connectivity index (χ0v) is 17.3. The predicted molar refractivity (Wildman–Crippen MR) is 108 cm³/mol. The highest BCUT2D eigenvalue weighted by molar-refractivity contribution is 6.45. The molecule has 0 N–H and O–H groups in total. The first-order chi connectivity index (χ1) is 13.8. The second-order valence-electron chi connectivity index (χ2n) is 7.00. The highest BCUT2D eigenvalue weighted by atomic mass is 35.5. The van der Waals surface area contributed by atoms with Crippen LogP contribution in [0.4, 0.5) is 4.79 Å². The van der Waals surface area contributed by atoms with Crippen molar-refractivity contribution < 1.29 is 19.2 Å². The third-order valence-corrected chi connectivity index (χ3v) is 5.24. The number of benzene rings is 1. The van der Waals surface area contributed by atoms with Crippen LogP contribution in [0.2, 0.25) is 5.02 Å². The van der Waals surface area contributed by atoms with Gasteiger partial charge in [-0.3, -0.25) is 19.3 Å². The third kappa shape index (κ3) is 3.82. The summed E-state index contributed by atoms with van der Waals surface area (Å²) in [6.07, 6.45) is 1.38. The van der Waals surface area contributed by atoms with Crippen LogP contribution in [0.5, 0.6) is 0 Å². The SMILES string of the molecule is CCCCN1C(=O)C(=O)N(CC(=O)c2cc(C)n(-c3ccc(Cl)cc3)c2C)C1=O. The quantitative estimate of drug-likeness (QED) is 0.393. The first-order valence-corrected chi connectivity index (χ1v) is 9.79. The molecule has 4 amide bonds. The fourth-order valence-electron chi connectivity index (χ4n) is 3.46. The Kier molecular flexibility index (Phi) is 5.88. The Morgan fingerprint density at radius 3 is 2.24 bits per heavy atom. The molecule has 3 rings (SSSR count). The van der Waals surface area contributed by atoms with Gasteiger partial charge in [0.1, 0.15) is 0 Å². The molecule has 0 saturated carbocycles. The van der Waals surface area contributed by atoms with Crippen LogP contribution in [0, 0.1) is 13.8 Å². The fraction of sp³-hybridized carbons (Fsp3) is 0.333. The van der Waals surface area contributed by atoms with Crippen LogP contribution in [-0.2, 0) is 9.59 Å². The summed E-state index contributed by atoms with van der Waals surface area (Å²) in [5.41, 5.74) is 2.76. The Bertz CT molecular complexity index is 994. The molecule has 1 saturated heterocycles. The van der Waals surface area contributed by atoms with Crippen LogP contribution in [0.15, 0.2) is 30.3 Å². The number of halogens is 1. The van der Waals surface area contributed by atoms with E-state index < -0.39 is 30.2 Å². The van der Waals surface area contributed by atoms with Crippen LogP contribution in [-0.4, -0.2) is 51.1 Å². The average molecular weight is 416 g/mol. The number of hydrogen-bond acceptors (Lipinski definition) is 4. The average Bonchev–Trinajstić information content (AvgIpc) is 3.09. The molecule has 0 unspecified atom stereocenters. The molecule has 0 spiro atoms. The molecule has 2 aromatic rings. The topological polar surface area (TPSA) is 79.7 Å². The molecule has 0 radical (unpaired) electrons. The molecule has 7 nitrogen and oxygen atoms in total. The highest BCUT2D eigenvalue weighted by Gasteiger charge is 2.44. The number of aromatic nitrogens is 1. The lowest BCUT2D eigenvalue weighted by Crippen LogP contribution is -2.37. The smallest absolute Gasteiger partial charge is 0.318 e. The Morgan fingerprint density at radius 2 is 1.62 bits per heavy atom. The lowest BCUT2D eigenvalue weighted by molar-refractivity contribution is -0.143. The summed E-state index contributed by atoms with van der Waals surface area (Å²) in [5.74, 6) is -2.22. The summed E-state index contributed by atoms with van der Waals surface area (Å²) in [4.78, 5) is 51.3. The monoisotopic (exact) mass is 415 g/mol. The van der Waals surface area contributed by atoms with E-state index in [1.165, 1.54) is 0 Å². The van der Waals surface area contributed by atoms with E-state index in [0.29, 0.717) is 22.7 Å². The normalized spacial score (nSPS) is 14.3. The van der Waals surface area contributed by atoms with Gasteiger partial charge in [0.05, 0.1) is 6.54 Å². The summed E-state index contributed by atoms with van der Waals surface area (Å²) < 4.78 is 1.90. The number of urea groups is 1. The molecular weight excluding hydrogens is 394 g/mol. The number of carbonyl (C=O) groups excluding carboxylic acids is 4. The number of carbonyl (C=O) groups is 4. The van der Waals surface area contributed by atoms with Gasteiger partial charge in [-0.15, -0.1) is 0 Å². The first-order valence-electron chi connectivity index (χ1n) is 9.41. The van der Waals surface area contributed by atoms with E-state index in [1.807, 2.05) is 30.5 Å². The van der Waals surface area contributed by atoms with Crippen molar-refractivity contribution in [2.75, 3.05) is 13.1 Å². The third-order valence-electron chi connectivity index (χ3n) is 4.99. The number of hydrogen-bond donors (Lipinski definition) is 0. The molecule has 0 bridgehead atoms. The number of amides is 4. The number of aryl methyl sites for hydroxylation is 1. The molecule has 0 aliphatic carbocycles. The number of unbranched alkanes of at least 4 members (excludes halogenated alkanes) is 1. The van der Waals surface area contributed by atoms with Gasteiger partial charge in [0.25, 0.3) is 0 Å². The van der Waals surface area contributed by atoms with Crippen LogP contribution in [0.25, 0.3) is 5.69 Å². The maximum absolute atomic E-state index is 12.9. The van der Waals surface area contributed by atoms with Crippen molar-refractivity contribution in [3.63, 3.8) is 0 Å². The zero-order valence-electron chi connectivity index (χ0n) is 16.6. The molecule has 1 fully saturated rings. The molecule has 1 aromatic heterocycles. The number of Topliss-reactive ketones (excluding diaryl/α,β-unsaturated/α-hetero) is 1. The summed E-state index contributed by atoms with van der Waals surface area (Å²) in [5, 5.41) is 0.607. The molecule has 1 aromatic carbocycles. The number of nitrogens with zero attached hydrogens (tertiary/aromatic N) is 3. The van der Waals surface area contributed by atoms with Gasteiger partial charge in [0.2, 0.25) is 0 Å². The summed E-state index contributed by atoms with van der Waals surface area (Å²) in [7, 11) is 0. The number of imide groups is 2. The van der Waals surface area contributed by atoms with E-state index in [-0.39, 0.29) is 6.54 Å². The summed E-state index contributed by atoms with van der Waals surface area (Å²) >= 11 is 5.95. The molecular formula is C21H22ClN3O4. The van der Waals surface area contributed by atoms with Crippen molar-refractivity contribution in [3.8, 4) is 5.69 Å². The van der Waals surface area contributed by atoms with Crippen LogP contribution < -0.4 is 0 Å². The van der Waals surface area contributed by atoms with Crippen molar-refractivity contribution in [1.82, 2.24) is 14.4 Å². The molecule has 1 aliphatic rings. The minimum atomic E-state index is -0.953. The molecule has 152 valence electrons. The second-order valence-corrected chi connectivity index (χ2v) is 7.44. The Morgan fingerprint density at radius 1 is 1.00 bits per heavy atom. The van der Waals surface area contributed by atoms with Gasteiger partial charge >= 0.3 is 17.8 Å². The van der Waals surface area contributed by atoms with E-state index in [1.54, 1.807) is 25.1 Å². The van der Waals surface area contributed by atoms with Gasteiger partial charge in [0, 0.05) is 34.2 Å². The maximum Gasteiger partial charge on any atom is 0.334 e. The van der Waals surface area contributed by atoms with Crippen molar-refractivity contribution >= 4 is 35.2 Å². The number of rotatable bonds is 7. The molecule has 29 heavy (non-hydrogen) atoms. The number of ketones is 1. The van der Waals surface area contributed by atoms with Crippen LogP contribution >= 0.6 is 11.6 Å². The minimum Gasteiger partial charge on any atom is -0.318 e. The van der Waals surface area contributed by atoms with Crippen LogP contribution in [0.3, 0.4) is 0 Å². The van der Waals surface area contributed by atoms with E-state index in [4.69, 9.17) is 11.6 Å². The van der Waals surface area contributed by atoms with Gasteiger partial charge < -0.3 is 4.57 Å². The molecule has 0 atom stereocenters.